The fraction of sp³-hybridized carbons (Fsp3) is 0.176. The third kappa shape index (κ3) is 4.36. The molecule has 0 atom stereocenters. The molecule has 2 rings (SSSR count). The van der Waals surface area contributed by atoms with Crippen LogP contribution in [0.5, 0.6) is 0 Å². The highest BCUT2D eigenvalue weighted by Gasteiger charge is 2.01. The Hall–Kier alpha value is -1.32. The molecule has 0 heterocycles. The molecule has 0 fully saturated rings. The fourth-order valence-electron chi connectivity index (χ4n) is 1.83. The number of thioether (sulfide) groups is 2. The van der Waals surface area contributed by atoms with Gasteiger partial charge >= 0.3 is 0 Å². The number of hydrogen-bond acceptors (Lipinski definition) is 3. The van der Waals surface area contributed by atoms with Crippen LogP contribution < -0.4 is 5.32 Å². The van der Waals surface area contributed by atoms with E-state index in [2.05, 4.69) is 66.7 Å². The van der Waals surface area contributed by atoms with Gasteiger partial charge in [-0.2, -0.15) is 0 Å². The number of hydrogen-bond donors (Lipinski definition) is 1. The van der Waals surface area contributed by atoms with Crippen LogP contribution in [0.3, 0.4) is 0 Å². The maximum absolute atomic E-state index is 3.77. The van der Waals surface area contributed by atoms with Gasteiger partial charge in [0.2, 0.25) is 0 Å². The van der Waals surface area contributed by atoms with Gasteiger partial charge in [0.05, 0.1) is 0 Å². The summed E-state index contributed by atoms with van der Waals surface area (Å²) in [6.07, 6.45) is 4.03. The van der Waals surface area contributed by atoms with Crippen molar-refractivity contribution in [3.05, 3.63) is 66.7 Å². The molecule has 3 heteroatoms. The molecular weight excluding hydrogens is 282 g/mol. The van der Waals surface area contributed by atoms with Crippen LogP contribution in [0.4, 0.5) is 5.69 Å². The standard InChI is InChI=1S/C17H19NS2/c1-3-12-20-17-7-5-4-6-16(17)18-13-14-8-10-15(19-2)11-9-14/h3-11,18H,1,12-13H2,2H3. The van der Waals surface area contributed by atoms with Gasteiger partial charge in [-0.05, 0) is 36.1 Å². The zero-order valence-corrected chi connectivity index (χ0v) is 13.3. The fourth-order valence-corrected chi connectivity index (χ4v) is 3.00. The molecule has 2 aromatic rings. The van der Waals surface area contributed by atoms with Crippen molar-refractivity contribution in [1.82, 2.24) is 0 Å². The highest BCUT2D eigenvalue weighted by atomic mass is 32.2. The lowest BCUT2D eigenvalue weighted by atomic mass is 10.2. The molecule has 0 radical (unpaired) electrons. The zero-order chi connectivity index (χ0) is 14.2. The summed E-state index contributed by atoms with van der Waals surface area (Å²) in [5, 5.41) is 3.51. The Balaban J connectivity index is 2.00. The summed E-state index contributed by atoms with van der Waals surface area (Å²) in [5.41, 5.74) is 2.49. The van der Waals surface area contributed by atoms with E-state index in [0.717, 1.165) is 12.3 Å². The van der Waals surface area contributed by atoms with Crippen LogP contribution in [0.2, 0.25) is 0 Å². The molecule has 0 aromatic heterocycles. The summed E-state index contributed by atoms with van der Waals surface area (Å²) in [6.45, 7) is 4.62. The maximum atomic E-state index is 3.77. The Morgan fingerprint density at radius 2 is 1.85 bits per heavy atom. The number of nitrogens with one attached hydrogen (secondary N) is 1. The Kier molecular flexibility index (Phi) is 6.09. The number of rotatable bonds is 7. The van der Waals surface area contributed by atoms with Gasteiger partial charge in [0.15, 0.2) is 0 Å². The van der Waals surface area contributed by atoms with E-state index in [-0.39, 0.29) is 0 Å². The average molecular weight is 301 g/mol. The third-order valence-corrected chi connectivity index (χ3v) is 4.70. The second-order valence-corrected chi connectivity index (χ2v) is 6.24. The molecule has 0 saturated carbocycles. The van der Waals surface area contributed by atoms with Crippen LogP contribution in [0.25, 0.3) is 0 Å². The van der Waals surface area contributed by atoms with E-state index < -0.39 is 0 Å². The van der Waals surface area contributed by atoms with Crippen molar-refractivity contribution in [2.75, 3.05) is 17.3 Å². The van der Waals surface area contributed by atoms with E-state index in [1.165, 1.54) is 21.0 Å². The lowest BCUT2D eigenvalue weighted by Crippen LogP contribution is -2.00. The average Bonchev–Trinajstić information content (AvgIpc) is 2.52. The zero-order valence-electron chi connectivity index (χ0n) is 11.6. The van der Waals surface area contributed by atoms with Crippen molar-refractivity contribution in [2.45, 2.75) is 16.3 Å². The van der Waals surface area contributed by atoms with Gasteiger partial charge in [-0.25, -0.2) is 0 Å². The summed E-state index contributed by atoms with van der Waals surface area (Å²) >= 11 is 3.57. The minimum atomic E-state index is 0.848. The molecule has 20 heavy (non-hydrogen) atoms. The monoisotopic (exact) mass is 301 g/mol. The quantitative estimate of drug-likeness (QED) is 0.550. The first-order valence-corrected chi connectivity index (χ1v) is 8.74. The normalized spacial score (nSPS) is 10.2. The molecule has 0 aliphatic carbocycles. The second-order valence-electron chi connectivity index (χ2n) is 4.30. The summed E-state index contributed by atoms with van der Waals surface area (Å²) in [7, 11) is 0. The van der Waals surface area contributed by atoms with E-state index in [9.17, 15) is 0 Å². The lowest BCUT2D eigenvalue weighted by molar-refractivity contribution is 1.12. The van der Waals surface area contributed by atoms with Crippen LogP contribution in [0, 0.1) is 0 Å². The second kappa shape index (κ2) is 8.08. The van der Waals surface area contributed by atoms with E-state index in [1.807, 2.05) is 6.08 Å². The summed E-state index contributed by atoms with van der Waals surface area (Å²) in [5.74, 6) is 0.932. The SMILES string of the molecule is C=CCSc1ccccc1NCc1ccc(SC)cc1. The number of para-hydroxylation sites is 1. The molecule has 0 unspecified atom stereocenters. The Morgan fingerprint density at radius 3 is 2.55 bits per heavy atom. The predicted molar refractivity (Wildman–Crippen MR) is 92.9 cm³/mol. The molecule has 0 bridgehead atoms. The first-order chi connectivity index (χ1) is 9.83. The number of anilines is 1. The highest BCUT2D eigenvalue weighted by Crippen LogP contribution is 2.27. The first-order valence-electron chi connectivity index (χ1n) is 6.53. The van der Waals surface area contributed by atoms with E-state index in [4.69, 9.17) is 0 Å². The smallest absolute Gasteiger partial charge is 0.0481 e. The van der Waals surface area contributed by atoms with Crippen LogP contribution in [0.1, 0.15) is 5.56 Å². The Bertz CT molecular complexity index is 549. The van der Waals surface area contributed by atoms with Gasteiger partial charge in [0.1, 0.15) is 0 Å². The van der Waals surface area contributed by atoms with Crippen molar-refractivity contribution in [1.29, 1.82) is 0 Å². The molecule has 1 nitrogen and oxygen atoms in total. The molecule has 2 aromatic carbocycles. The summed E-state index contributed by atoms with van der Waals surface area (Å²) < 4.78 is 0. The van der Waals surface area contributed by atoms with Crippen LogP contribution >= 0.6 is 23.5 Å². The maximum Gasteiger partial charge on any atom is 0.0481 e. The van der Waals surface area contributed by atoms with Crippen molar-refractivity contribution in [2.24, 2.45) is 0 Å². The topological polar surface area (TPSA) is 12.0 Å². The van der Waals surface area contributed by atoms with Gasteiger partial charge < -0.3 is 5.32 Å². The van der Waals surface area contributed by atoms with Crippen LogP contribution in [-0.2, 0) is 6.54 Å². The van der Waals surface area contributed by atoms with E-state index in [0.29, 0.717) is 0 Å². The minimum Gasteiger partial charge on any atom is -0.380 e. The predicted octanol–water partition coefficient (Wildman–Crippen LogP) is 5.30. The van der Waals surface area contributed by atoms with E-state index >= 15 is 0 Å². The highest BCUT2D eigenvalue weighted by molar-refractivity contribution is 7.99. The van der Waals surface area contributed by atoms with Crippen molar-refractivity contribution >= 4 is 29.2 Å². The molecule has 0 aliphatic heterocycles. The van der Waals surface area contributed by atoms with E-state index in [1.54, 1.807) is 23.5 Å². The minimum absolute atomic E-state index is 0.848. The molecular formula is C17H19NS2. The van der Waals surface area contributed by atoms with Crippen molar-refractivity contribution in [3.63, 3.8) is 0 Å². The largest absolute Gasteiger partial charge is 0.380 e. The third-order valence-electron chi connectivity index (χ3n) is 2.89. The van der Waals surface area contributed by atoms with Gasteiger partial charge in [0.25, 0.3) is 0 Å². The van der Waals surface area contributed by atoms with Gasteiger partial charge in [-0.3, -0.25) is 0 Å². The van der Waals surface area contributed by atoms with Gasteiger partial charge in [-0.1, -0.05) is 30.3 Å². The van der Waals surface area contributed by atoms with Crippen molar-refractivity contribution < 1.29 is 0 Å². The Labute approximate surface area is 129 Å². The summed E-state index contributed by atoms with van der Waals surface area (Å²) in [4.78, 5) is 2.57. The van der Waals surface area contributed by atoms with Crippen LogP contribution in [0.15, 0.2) is 71.0 Å². The number of benzene rings is 2. The van der Waals surface area contributed by atoms with Crippen LogP contribution in [-0.4, -0.2) is 12.0 Å². The molecule has 104 valence electrons. The first kappa shape index (κ1) is 15.1. The Morgan fingerprint density at radius 1 is 1.10 bits per heavy atom. The lowest BCUT2D eigenvalue weighted by Gasteiger charge is -2.11. The van der Waals surface area contributed by atoms with Crippen molar-refractivity contribution in [3.8, 4) is 0 Å². The molecule has 0 aliphatic rings. The molecule has 0 spiro atoms. The van der Waals surface area contributed by atoms with Gasteiger partial charge in [-0.15, -0.1) is 30.1 Å². The summed E-state index contributed by atoms with van der Waals surface area (Å²) in [6, 6.07) is 17.1. The molecule has 0 amide bonds. The molecule has 1 N–H and O–H groups in total. The van der Waals surface area contributed by atoms with Gasteiger partial charge in [0, 0.05) is 27.8 Å². The molecule has 0 saturated heterocycles.